The molecule has 1 aliphatic heterocycles. The summed E-state index contributed by atoms with van der Waals surface area (Å²) < 4.78 is 11.6. The number of aromatic nitrogens is 2. The molecule has 1 aromatic heterocycles. The van der Waals surface area contributed by atoms with E-state index < -0.39 is 0 Å². The number of hydrogen-bond donors (Lipinski definition) is 2. The summed E-state index contributed by atoms with van der Waals surface area (Å²) in [4.78, 5) is 8.63. The number of rotatable bonds is 0. The van der Waals surface area contributed by atoms with Crippen LogP contribution in [0.4, 0.5) is 23.0 Å². The van der Waals surface area contributed by atoms with Crippen molar-refractivity contribution in [2.24, 2.45) is 0 Å². The van der Waals surface area contributed by atoms with Gasteiger partial charge in [-0.15, -0.1) is 0 Å². The predicted molar refractivity (Wildman–Crippen MR) is 124 cm³/mol. The Morgan fingerprint density at radius 2 is 1.55 bits per heavy atom. The van der Waals surface area contributed by atoms with Gasteiger partial charge in [-0.25, -0.2) is 9.97 Å². The number of allylic oxidation sites excluding steroid dienone is 6. The number of benzene rings is 2. The molecule has 0 radical (unpaired) electrons. The number of anilines is 4. The van der Waals surface area contributed by atoms with Gasteiger partial charge in [0.2, 0.25) is 0 Å². The van der Waals surface area contributed by atoms with Crippen LogP contribution < -0.4 is 20.1 Å². The maximum absolute atomic E-state index is 5.79. The normalized spacial score (nSPS) is 17.7. The van der Waals surface area contributed by atoms with Crippen LogP contribution in [0.25, 0.3) is 0 Å². The monoisotopic (exact) mass is 410 g/mol. The number of fused-ring (bicyclic) bond motifs is 5. The van der Waals surface area contributed by atoms with E-state index in [0.29, 0.717) is 24.0 Å². The minimum Gasteiger partial charge on any atom is -0.489 e. The molecule has 1 aliphatic rings. The van der Waals surface area contributed by atoms with E-state index in [9.17, 15) is 0 Å². The van der Waals surface area contributed by atoms with Crippen LogP contribution >= 0.6 is 0 Å². The van der Waals surface area contributed by atoms with Crippen LogP contribution in [0, 0.1) is 0 Å². The van der Waals surface area contributed by atoms with Gasteiger partial charge in [-0.05, 0) is 36.4 Å². The van der Waals surface area contributed by atoms with Crippen molar-refractivity contribution < 1.29 is 9.47 Å². The summed E-state index contributed by atoms with van der Waals surface area (Å²) in [5.41, 5.74) is 1.67. The van der Waals surface area contributed by atoms with E-state index in [1.54, 1.807) is 6.26 Å². The zero-order valence-electron chi connectivity index (χ0n) is 16.8. The highest BCUT2D eigenvalue weighted by Crippen LogP contribution is 2.28. The highest BCUT2D eigenvalue weighted by Gasteiger charge is 2.05. The maximum atomic E-state index is 5.79. The van der Waals surface area contributed by atoms with Gasteiger partial charge in [-0.3, -0.25) is 0 Å². The molecule has 3 aromatic rings. The third-order valence-electron chi connectivity index (χ3n) is 4.23. The summed E-state index contributed by atoms with van der Waals surface area (Å²) in [5.74, 6) is 2.77. The Morgan fingerprint density at radius 1 is 0.742 bits per heavy atom. The first-order chi connectivity index (χ1) is 15.4. The Labute approximate surface area is 181 Å². The van der Waals surface area contributed by atoms with Crippen LogP contribution in [0.5, 0.6) is 11.5 Å². The first-order valence-electron chi connectivity index (χ1n) is 9.86. The van der Waals surface area contributed by atoms with Crippen molar-refractivity contribution in [2.45, 2.75) is 0 Å². The fraction of sp³-hybridized carbons (Fsp3) is 0.0400. The topological polar surface area (TPSA) is 68.3 Å². The molecule has 4 bridgehead atoms. The Kier molecular flexibility index (Phi) is 6.74. The predicted octanol–water partition coefficient (Wildman–Crippen LogP) is 5.92. The highest BCUT2D eigenvalue weighted by molar-refractivity contribution is 5.67. The maximum Gasteiger partial charge on any atom is 0.149 e. The van der Waals surface area contributed by atoms with E-state index in [0.717, 1.165) is 17.1 Å². The lowest BCUT2D eigenvalue weighted by molar-refractivity contribution is 0.363. The van der Waals surface area contributed by atoms with Crippen molar-refractivity contribution in [1.29, 1.82) is 0 Å². The van der Waals surface area contributed by atoms with E-state index in [2.05, 4.69) is 20.6 Å². The zero-order chi connectivity index (χ0) is 21.1. The van der Waals surface area contributed by atoms with Crippen LogP contribution in [-0.2, 0) is 0 Å². The number of hydrogen-bond acceptors (Lipinski definition) is 6. The molecule has 0 amide bonds. The number of ether oxygens (including phenoxy) is 2. The van der Waals surface area contributed by atoms with Crippen LogP contribution in [0.1, 0.15) is 0 Å². The summed E-state index contributed by atoms with van der Waals surface area (Å²) >= 11 is 0. The minimum absolute atomic E-state index is 0.477. The summed E-state index contributed by atoms with van der Waals surface area (Å²) in [6.07, 6.45) is 16.6. The average Bonchev–Trinajstić information content (AvgIpc) is 2.78. The molecule has 0 unspecified atom stereocenters. The van der Waals surface area contributed by atoms with Crippen molar-refractivity contribution in [3.8, 4) is 11.5 Å². The molecule has 0 spiro atoms. The Hall–Kier alpha value is -4.32. The molecule has 0 atom stereocenters. The second-order valence-corrected chi connectivity index (χ2v) is 6.52. The van der Waals surface area contributed by atoms with E-state index in [-0.39, 0.29) is 0 Å². The largest absolute Gasteiger partial charge is 0.489 e. The standard InChI is InChI=1S/C25H22N4O2/c1-2-4-8-15-30-21-12-10-11-20(17-21)28-24-18-25(27-19-26-24)29-22-13-6-7-14-23(22)31-16-9-5-3-1/h1-14,16-19H,15H2,(H2,26,27,28,29)/b2-1-,5-3-,8-4-,16-9-. The van der Waals surface area contributed by atoms with Crippen LogP contribution in [0.15, 0.2) is 110 Å². The summed E-state index contributed by atoms with van der Waals surface area (Å²) in [7, 11) is 0. The lowest BCUT2D eigenvalue weighted by Gasteiger charge is -2.12. The molecule has 2 N–H and O–H groups in total. The second kappa shape index (κ2) is 10.5. The number of para-hydroxylation sites is 2. The molecular formula is C25H22N4O2. The third-order valence-corrected chi connectivity index (χ3v) is 4.23. The second-order valence-electron chi connectivity index (χ2n) is 6.52. The molecule has 2 aromatic carbocycles. The Morgan fingerprint density at radius 3 is 2.48 bits per heavy atom. The van der Waals surface area contributed by atoms with Crippen molar-refractivity contribution >= 4 is 23.0 Å². The van der Waals surface area contributed by atoms with Crippen molar-refractivity contribution in [3.05, 3.63) is 110 Å². The zero-order valence-corrected chi connectivity index (χ0v) is 16.8. The quantitative estimate of drug-likeness (QED) is 0.480. The number of nitrogens with zero attached hydrogens (tertiary/aromatic N) is 2. The van der Waals surface area contributed by atoms with E-state index in [4.69, 9.17) is 9.47 Å². The molecule has 0 saturated heterocycles. The first-order valence-corrected chi connectivity index (χ1v) is 9.86. The SMILES string of the molecule is C1=C\C=C/COc2cccc(c2)Nc2cc(ncn2)Nc2ccccc2O/C=C\C=C/1. The molecule has 4 rings (SSSR count). The molecule has 6 nitrogen and oxygen atoms in total. The van der Waals surface area contributed by atoms with E-state index in [1.165, 1.54) is 6.33 Å². The molecular weight excluding hydrogens is 388 g/mol. The van der Waals surface area contributed by atoms with Crippen LogP contribution in [0.3, 0.4) is 0 Å². The van der Waals surface area contributed by atoms with Crippen molar-refractivity contribution in [3.63, 3.8) is 0 Å². The number of nitrogens with one attached hydrogen (secondary N) is 2. The molecule has 2 heterocycles. The highest BCUT2D eigenvalue weighted by atomic mass is 16.5. The Bertz CT molecular complexity index is 1140. The fourth-order valence-electron chi connectivity index (χ4n) is 2.81. The third kappa shape index (κ3) is 6.08. The lowest BCUT2D eigenvalue weighted by atomic mass is 10.3. The van der Waals surface area contributed by atoms with Gasteiger partial charge in [0.05, 0.1) is 11.9 Å². The molecule has 0 fully saturated rings. The Balaban J connectivity index is 1.62. The van der Waals surface area contributed by atoms with Gasteiger partial charge in [0.15, 0.2) is 0 Å². The van der Waals surface area contributed by atoms with Crippen LogP contribution in [0.2, 0.25) is 0 Å². The fourth-order valence-corrected chi connectivity index (χ4v) is 2.81. The van der Waals surface area contributed by atoms with Gasteiger partial charge in [-0.2, -0.15) is 0 Å². The lowest BCUT2D eigenvalue weighted by Crippen LogP contribution is -2.00. The molecule has 154 valence electrons. The average molecular weight is 410 g/mol. The smallest absolute Gasteiger partial charge is 0.149 e. The van der Waals surface area contributed by atoms with Gasteiger partial charge >= 0.3 is 0 Å². The van der Waals surface area contributed by atoms with Gasteiger partial charge in [0.25, 0.3) is 0 Å². The first kappa shape index (κ1) is 20.0. The van der Waals surface area contributed by atoms with Crippen LogP contribution in [-0.4, -0.2) is 16.6 Å². The van der Waals surface area contributed by atoms with Crippen molar-refractivity contribution in [1.82, 2.24) is 9.97 Å². The molecule has 0 saturated carbocycles. The summed E-state index contributed by atoms with van der Waals surface area (Å²) in [6, 6.07) is 17.2. The summed E-state index contributed by atoms with van der Waals surface area (Å²) in [5, 5.41) is 6.58. The van der Waals surface area contributed by atoms with Gasteiger partial charge < -0.3 is 20.1 Å². The van der Waals surface area contributed by atoms with Gasteiger partial charge in [-0.1, -0.05) is 48.6 Å². The molecule has 0 aliphatic carbocycles. The molecule has 31 heavy (non-hydrogen) atoms. The van der Waals surface area contributed by atoms with Gasteiger partial charge in [0, 0.05) is 17.8 Å². The van der Waals surface area contributed by atoms with Gasteiger partial charge in [0.1, 0.15) is 36.1 Å². The van der Waals surface area contributed by atoms with Crippen molar-refractivity contribution in [2.75, 3.05) is 17.2 Å². The van der Waals surface area contributed by atoms with E-state index in [1.807, 2.05) is 97.1 Å². The van der Waals surface area contributed by atoms with E-state index >= 15 is 0 Å². The summed E-state index contributed by atoms with van der Waals surface area (Å²) in [6.45, 7) is 0.477. The molecule has 6 heteroatoms. The minimum atomic E-state index is 0.477.